The van der Waals surface area contributed by atoms with Crippen LogP contribution in [-0.2, 0) is 24.8 Å². The maximum absolute atomic E-state index is 12.1. The van der Waals surface area contributed by atoms with Gasteiger partial charge in [-0.25, -0.2) is 9.97 Å². The molecule has 1 aromatic carbocycles. The van der Waals surface area contributed by atoms with E-state index in [0.29, 0.717) is 13.1 Å². The summed E-state index contributed by atoms with van der Waals surface area (Å²) >= 11 is 0. The lowest BCUT2D eigenvalue weighted by Crippen LogP contribution is -2.32. The quantitative estimate of drug-likeness (QED) is 0.668. The number of carbonyl (C=O) groups excluding carboxylic acids is 1. The van der Waals surface area contributed by atoms with Gasteiger partial charge in [0.1, 0.15) is 18.5 Å². The van der Waals surface area contributed by atoms with Crippen molar-refractivity contribution in [2.45, 2.75) is 26.3 Å². The third-order valence-corrected chi connectivity index (χ3v) is 4.13. The zero-order valence-corrected chi connectivity index (χ0v) is 14.0. The van der Waals surface area contributed by atoms with Crippen LogP contribution in [0, 0.1) is 5.92 Å². The van der Waals surface area contributed by atoms with Gasteiger partial charge >= 0.3 is 0 Å². The fourth-order valence-electron chi connectivity index (χ4n) is 2.74. The minimum absolute atomic E-state index is 0.0375. The molecule has 0 aliphatic heterocycles. The van der Waals surface area contributed by atoms with E-state index in [9.17, 15) is 4.79 Å². The summed E-state index contributed by atoms with van der Waals surface area (Å²) in [4.78, 5) is 20.6. The second-order valence-corrected chi connectivity index (χ2v) is 5.99. The Morgan fingerprint density at radius 2 is 2.17 bits per heavy atom. The third-order valence-electron chi connectivity index (χ3n) is 4.13. The molecule has 0 saturated heterocycles. The minimum atomic E-state index is -0.137. The van der Waals surface area contributed by atoms with E-state index in [-0.39, 0.29) is 11.8 Å². The van der Waals surface area contributed by atoms with Crippen molar-refractivity contribution in [3.8, 4) is 0 Å². The standard InChI is InChI=1S/C17H22N6O/c1-13(10-23-12-18-11-20-23)17(24)19-9-5-8-16-21-14-6-3-4-7-15(14)22(16)2/h3-4,6-7,11-13H,5,8-10H2,1-2H3,(H,19,24). The van der Waals surface area contributed by atoms with E-state index in [1.165, 1.54) is 6.33 Å². The first kappa shape index (κ1) is 16.2. The van der Waals surface area contributed by atoms with E-state index in [1.807, 2.05) is 32.2 Å². The number of aromatic nitrogens is 5. The van der Waals surface area contributed by atoms with E-state index in [2.05, 4.69) is 31.0 Å². The molecule has 0 spiro atoms. The first-order valence-corrected chi connectivity index (χ1v) is 8.15. The highest BCUT2D eigenvalue weighted by atomic mass is 16.1. The maximum Gasteiger partial charge on any atom is 0.224 e. The molecule has 2 aromatic heterocycles. The summed E-state index contributed by atoms with van der Waals surface area (Å²) < 4.78 is 3.79. The van der Waals surface area contributed by atoms with E-state index >= 15 is 0 Å². The smallest absolute Gasteiger partial charge is 0.224 e. The molecule has 7 nitrogen and oxygen atoms in total. The van der Waals surface area contributed by atoms with Crippen LogP contribution in [0.4, 0.5) is 0 Å². The number of imidazole rings is 1. The van der Waals surface area contributed by atoms with Crippen molar-refractivity contribution < 1.29 is 4.79 Å². The highest BCUT2D eigenvalue weighted by Crippen LogP contribution is 2.15. The molecule has 0 bridgehead atoms. The fraction of sp³-hybridized carbons (Fsp3) is 0.412. The molecule has 0 fully saturated rings. The Bertz CT molecular complexity index is 808. The van der Waals surface area contributed by atoms with E-state index in [0.717, 1.165) is 29.7 Å². The van der Waals surface area contributed by atoms with Gasteiger partial charge in [-0.3, -0.25) is 9.48 Å². The van der Waals surface area contributed by atoms with Crippen LogP contribution in [0.2, 0.25) is 0 Å². The van der Waals surface area contributed by atoms with E-state index in [1.54, 1.807) is 11.0 Å². The largest absolute Gasteiger partial charge is 0.356 e. The van der Waals surface area contributed by atoms with Gasteiger partial charge in [-0.1, -0.05) is 19.1 Å². The minimum Gasteiger partial charge on any atom is -0.356 e. The normalized spacial score (nSPS) is 12.4. The molecule has 3 aromatic rings. The maximum atomic E-state index is 12.1. The number of benzene rings is 1. The summed E-state index contributed by atoms with van der Waals surface area (Å²) in [6.45, 7) is 3.07. The Hall–Kier alpha value is -2.70. The second-order valence-electron chi connectivity index (χ2n) is 5.99. The molecule has 2 heterocycles. The number of hydrogen-bond donors (Lipinski definition) is 1. The SMILES string of the molecule is CC(Cn1cncn1)C(=O)NCCCc1nc2ccccc2n1C. The average molecular weight is 326 g/mol. The van der Waals surface area contributed by atoms with Crippen molar-refractivity contribution in [2.24, 2.45) is 13.0 Å². The van der Waals surface area contributed by atoms with Gasteiger partial charge < -0.3 is 9.88 Å². The van der Waals surface area contributed by atoms with Gasteiger partial charge in [0.15, 0.2) is 0 Å². The molecule has 3 rings (SSSR count). The molecule has 1 unspecified atom stereocenters. The monoisotopic (exact) mass is 326 g/mol. The molecule has 0 aliphatic carbocycles. The van der Waals surface area contributed by atoms with Crippen LogP contribution in [0.15, 0.2) is 36.9 Å². The number of nitrogens with zero attached hydrogens (tertiary/aromatic N) is 5. The molecular formula is C17H22N6O. The lowest BCUT2D eigenvalue weighted by atomic mass is 10.1. The Morgan fingerprint density at radius 1 is 1.33 bits per heavy atom. The molecule has 7 heteroatoms. The van der Waals surface area contributed by atoms with Gasteiger partial charge in [0.2, 0.25) is 5.91 Å². The number of para-hydroxylation sites is 2. The molecular weight excluding hydrogens is 304 g/mol. The van der Waals surface area contributed by atoms with Crippen LogP contribution in [0.1, 0.15) is 19.2 Å². The molecule has 0 saturated carbocycles. The van der Waals surface area contributed by atoms with Gasteiger partial charge in [0, 0.05) is 20.0 Å². The first-order chi connectivity index (χ1) is 11.6. The molecule has 0 aliphatic rings. The predicted octanol–water partition coefficient (Wildman–Crippen LogP) is 1.55. The molecule has 1 amide bonds. The zero-order chi connectivity index (χ0) is 16.9. The van der Waals surface area contributed by atoms with Crippen LogP contribution in [0.3, 0.4) is 0 Å². The van der Waals surface area contributed by atoms with Crippen molar-refractivity contribution in [1.29, 1.82) is 0 Å². The van der Waals surface area contributed by atoms with Crippen molar-refractivity contribution in [1.82, 2.24) is 29.6 Å². The lowest BCUT2D eigenvalue weighted by Gasteiger charge is -2.11. The van der Waals surface area contributed by atoms with Crippen LogP contribution >= 0.6 is 0 Å². The molecule has 1 N–H and O–H groups in total. The summed E-state index contributed by atoms with van der Waals surface area (Å²) in [5.41, 5.74) is 2.15. The van der Waals surface area contributed by atoms with Crippen molar-refractivity contribution >= 4 is 16.9 Å². The molecule has 126 valence electrons. The summed E-state index contributed by atoms with van der Waals surface area (Å²) in [5.74, 6) is 0.944. The highest BCUT2D eigenvalue weighted by Gasteiger charge is 2.13. The summed E-state index contributed by atoms with van der Waals surface area (Å²) in [7, 11) is 2.03. The highest BCUT2D eigenvalue weighted by molar-refractivity contribution is 5.78. The van der Waals surface area contributed by atoms with E-state index < -0.39 is 0 Å². The number of amides is 1. The first-order valence-electron chi connectivity index (χ1n) is 8.15. The molecule has 1 atom stereocenters. The van der Waals surface area contributed by atoms with Crippen molar-refractivity contribution in [2.75, 3.05) is 6.54 Å². The van der Waals surface area contributed by atoms with Gasteiger partial charge in [0.25, 0.3) is 0 Å². The van der Waals surface area contributed by atoms with Crippen molar-refractivity contribution in [3.63, 3.8) is 0 Å². The summed E-state index contributed by atoms with van der Waals surface area (Å²) in [6, 6.07) is 8.10. The van der Waals surface area contributed by atoms with Crippen LogP contribution < -0.4 is 5.32 Å². The number of hydrogen-bond acceptors (Lipinski definition) is 4. The Balaban J connectivity index is 1.46. The van der Waals surface area contributed by atoms with Gasteiger partial charge in [-0.05, 0) is 18.6 Å². The zero-order valence-electron chi connectivity index (χ0n) is 14.0. The Morgan fingerprint density at radius 3 is 2.92 bits per heavy atom. The molecule has 0 radical (unpaired) electrons. The fourth-order valence-corrected chi connectivity index (χ4v) is 2.74. The number of rotatable bonds is 7. The number of carbonyl (C=O) groups is 1. The summed E-state index contributed by atoms with van der Waals surface area (Å²) in [5, 5.41) is 7.00. The predicted molar refractivity (Wildman–Crippen MR) is 91.2 cm³/mol. The lowest BCUT2D eigenvalue weighted by molar-refractivity contribution is -0.124. The second kappa shape index (κ2) is 7.25. The third kappa shape index (κ3) is 3.61. The number of nitrogens with one attached hydrogen (secondary N) is 1. The van der Waals surface area contributed by atoms with Crippen LogP contribution in [0.5, 0.6) is 0 Å². The Labute approximate surface area is 140 Å². The average Bonchev–Trinajstić information content (AvgIpc) is 3.20. The van der Waals surface area contributed by atoms with Gasteiger partial charge in [-0.15, -0.1) is 0 Å². The van der Waals surface area contributed by atoms with Gasteiger partial charge in [-0.2, -0.15) is 5.10 Å². The van der Waals surface area contributed by atoms with Crippen molar-refractivity contribution in [3.05, 3.63) is 42.7 Å². The summed E-state index contributed by atoms with van der Waals surface area (Å²) in [6.07, 6.45) is 4.79. The van der Waals surface area contributed by atoms with Gasteiger partial charge in [0.05, 0.1) is 23.5 Å². The Kier molecular flexibility index (Phi) is 4.88. The molecule has 24 heavy (non-hydrogen) atoms. The van der Waals surface area contributed by atoms with Crippen LogP contribution in [-0.4, -0.2) is 36.8 Å². The topological polar surface area (TPSA) is 77.6 Å². The van der Waals surface area contributed by atoms with E-state index in [4.69, 9.17) is 0 Å². The number of fused-ring (bicyclic) bond motifs is 1. The number of aryl methyl sites for hydroxylation is 2. The van der Waals surface area contributed by atoms with Crippen LogP contribution in [0.25, 0.3) is 11.0 Å².